The van der Waals surface area contributed by atoms with Crippen LogP contribution in [0.4, 0.5) is 32.0 Å². The molecule has 1 amide bonds. The van der Waals surface area contributed by atoms with E-state index in [0.717, 1.165) is 40.8 Å². The maximum absolute atomic E-state index is 15.6. The molecular formula is C47H39ClF6N8O2S. The van der Waals surface area contributed by atoms with Crippen molar-refractivity contribution in [3.63, 3.8) is 0 Å². The Hall–Kier alpha value is -6.59. The van der Waals surface area contributed by atoms with E-state index in [-0.39, 0.29) is 62.1 Å². The molecule has 2 atom stereocenters. The molecule has 0 saturated carbocycles. The summed E-state index contributed by atoms with van der Waals surface area (Å²) in [4.78, 5) is 34.5. The van der Waals surface area contributed by atoms with Gasteiger partial charge < -0.3 is 16.4 Å². The third kappa shape index (κ3) is 8.57. The minimum Gasteiger partial charge on any atom is -0.386 e. The van der Waals surface area contributed by atoms with E-state index in [2.05, 4.69) is 20.1 Å². The monoisotopic (exact) mass is 928 g/mol. The molecule has 65 heavy (non-hydrogen) atoms. The minimum atomic E-state index is -3.59. The molecule has 4 N–H and O–H groups in total. The van der Waals surface area contributed by atoms with Crippen LogP contribution in [-0.2, 0) is 30.1 Å². The summed E-state index contributed by atoms with van der Waals surface area (Å²) in [7, 11) is 1.56. The smallest absolute Gasteiger partial charge is 0.292 e. The normalized spacial score (nSPS) is 15.1. The van der Waals surface area contributed by atoms with Gasteiger partial charge in [0.15, 0.2) is 0 Å². The number of rotatable bonds is 13. The van der Waals surface area contributed by atoms with Crippen molar-refractivity contribution in [3.8, 4) is 27.9 Å². The Kier molecular flexibility index (Phi) is 12.5. The Labute approximate surface area is 377 Å². The minimum absolute atomic E-state index is 0.0000918. The molecule has 2 heterocycles. The highest BCUT2D eigenvalue weighted by atomic mass is 35.5. The Morgan fingerprint density at radius 3 is 2.31 bits per heavy atom. The predicted octanol–water partition coefficient (Wildman–Crippen LogP) is 10.2. The van der Waals surface area contributed by atoms with Crippen LogP contribution in [0.3, 0.4) is 0 Å². The number of fused-ring (bicyclic) bond motifs is 2. The van der Waals surface area contributed by atoms with Crippen LogP contribution in [0.5, 0.6) is 0 Å². The number of nitrogens with two attached hydrogens (primary N) is 1. The van der Waals surface area contributed by atoms with Gasteiger partial charge in [-0.3, -0.25) is 18.8 Å². The van der Waals surface area contributed by atoms with Gasteiger partial charge in [0.05, 0.1) is 38.9 Å². The summed E-state index contributed by atoms with van der Waals surface area (Å²) < 4.78 is 95.1. The van der Waals surface area contributed by atoms with Crippen molar-refractivity contribution in [1.29, 1.82) is 0 Å². The van der Waals surface area contributed by atoms with Crippen LogP contribution in [0.25, 0.3) is 38.8 Å². The molecule has 0 aliphatic heterocycles. The van der Waals surface area contributed by atoms with Crippen molar-refractivity contribution in [2.75, 3.05) is 18.6 Å². The number of halogens is 7. The van der Waals surface area contributed by atoms with Crippen LogP contribution in [0.1, 0.15) is 53.3 Å². The van der Waals surface area contributed by atoms with E-state index in [0.29, 0.717) is 16.3 Å². The third-order valence-corrected chi connectivity index (χ3v) is 12.0. The highest BCUT2D eigenvalue weighted by Crippen LogP contribution is 2.48. The quantitative estimate of drug-likeness (QED) is 0.0454. The maximum atomic E-state index is 15.6. The standard InChI is InChI=1S/C47H39ClF6N8O2S/c1-24-17-33-40(43(51)52)59-61(42(33)47(24,53)54)23-38(63)57-36(20-25-18-28(49)22-29(50)19-25)45-58-35-21-27(31-12-8-7-11-30(31)26-9-5-4-6-10-26)13-14-32(35)46(64)62(45)37-16-15-34(48)39(41(37)56-2)44(55)60-65-3/h4-16,18-19,21-22,24,36,43,56H,17,20,23H2,1-3H3,(H2,55,60)(H,57,63). The van der Waals surface area contributed by atoms with Gasteiger partial charge in [-0.1, -0.05) is 79.2 Å². The van der Waals surface area contributed by atoms with E-state index in [9.17, 15) is 22.4 Å². The summed E-state index contributed by atoms with van der Waals surface area (Å²) in [6.07, 6.45) is -2.31. The molecular weight excluding hydrogens is 890 g/mol. The molecule has 5 aromatic carbocycles. The van der Waals surface area contributed by atoms with Crippen molar-refractivity contribution in [2.45, 2.75) is 44.7 Å². The Morgan fingerprint density at radius 1 is 0.969 bits per heavy atom. The van der Waals surface area contributed by atoms with E-state index < -0.39 is 71.8 Å². The number of nitrogens with zero attached hydrogens (tertiary/aromatic N) is 5. The number of amidine groups is 1. The molecule has 8 rings (SSSR count). The van der Waals surface area contributed by atoms with Crippen molar-refractivity contribution >= 4 is 51.9 Å². The average Bonchev–Trinajstić information content (AvgIpc) is 3.75. The van der Waals surface area contributed by atoms with Gasteiger partial charge in [-0.2, -0.15) is 18.3 Å². The van der Waals surface area contributed by atoms with Crippen LogP contribution in [0.2, 0.25) is 5.02 Å². The Bertz CT molecular complexity index is 3050. The van der Waals surface area contributed by atoms with E-state index >= 15 is 13.6 Å². The summed E-state index contributed by atoms with van der Waals surface area (Å²) in [6.45, 7) is 0.254. The third-order valence-electron chi connectivity index (χ3n) is 11.3. The van der Waals surface area contributed by atoms with Crippen molar-refractivity contribution in [3.05, 3.63) is 164 Å². The highest BCUT2D eigenvalue weighted by Gasteiger charge is 2.51. The molecule has 7 aromatic rings. The zero-order valence-electron chi connectivity index (χ0n) is 34.9. The molecule has 0 saturated heterocycles. The van der Waals surface area contributed by atoms with Crippen LogP contribution in [0.15, 0.2) is 112 Å². The molecule has 0 radical (unpaired) electrons. The maximum Gasteiger partial charge on any atom is 0.292 e. The second-order valence-electron chi connectivity index (χ2n) is 15.5. The first-order chi connectivity index (χ1) is 31.1. The first kappa shape index (κ1) is 45.0. The molecule has 2 aromatic heterocycles. The second-order valence-corrected chi connectivity index (χ2v) is 16.4. The summed E-state index contributed by atoms with van der Waals surface area (Å²) in [5.74, 6) is -8.01. The zero-order valence-corrected chi connectivity index (χ0v) is 36.4. The summed E-state index contributed by atoms with van der Waals surface area (Å²) in [5, 5.41) is 9.83. The van der Waals surface area contributed by atoms with Crippen LogP contribution in [0, 0.1) is 17.6 Å². The fourth-order valence-corrected chi connectivity index (χ4v) is 8.98. The van der Waals surface area contributed by atoms with Gasteiger partial charge in [-0.05, 0) is 82.6 Å². The number of aromatic nitrogens is 4. The van der Waals surface area contributed by atoms with Gasteiger partial charge >= 0.3 is 0 Å². The fourth-order valence-electron chi connectivity index (χ4n) is 8.44. The number of nitrogens with one attached hydrogen (secondary N) is 2. The topological polar surface area (TPSA) is 132 Å². The fraction of sp³-hybridized carbons (Fsp3) is 0.213. The summed E-state index contributed by atoms with van der Waals surface area (Å²) in [6, 6.07) is 26.6. The molecule has 0 fully saturated rings. The van der Waals surface area contributed by atoms with Crippen LogP contribution >= 0.6 is 23.5 Å². The number of hydrogen-bond acceptors (Lipinski definition) is 7. The van der Waals surface area contributed by atoms with Crippen LogP contribution < -0.4 is 21.9 Å². The van der Waals surface area contributed by atoms with Crippen molar-refractivity contribution in [2.24, 2.45) is 16.0 Å². The number of hydrogen-bond donors (Lipinski definition) is 3. The van der Waals surface area contributed by atoms with Crippen molar-refractivity contribution < 1.29 is 31.1 Å². The first-order valence-corrected chi connectivity index (χ1v) is 21.8. The first-order valence-electron chi connectivity index (χ1n) is 20.2. The molecule has 1 aliphatic carbocycles. The molecule has 18 heteroatoms. The summed E-state index contributed by atoms with van der Waals surface area (Å²) >= 11 is 7.75. The van der Waals surface area contributed by atoms with Gasteiger partial charge in [0.25, 0.3) is 17.9 Å². The largest absolute Gasteiger partial charge is 0.386 e. The van der Waals surface area contributed by atoms with Crippen LogP contribution in [-0.4, -0.2) is 44.4 Å². The predicted molar refractivity (Wildman–Crippen MR) is 242 cm³/mol. The Morgan fingerprint density at radius 2 is 1.65 bits per heavy atom. The van der Waals surface area contributed by atoms with Crippen molar-refractivity contribution in [1.82, 2.24) is 24.6 Å². The molecule has 0 bridgehead atoms. The summed E-state index contributed by atoms with van der Waals surface area (Å²) in [5.41, 5.74) is 7.78. The molecule has 1 aliphatic rings. The number of alkyl halides is 4. The van der Waals surface area contributed by atoms with E-state index in [1.165, 1.54) is 23.6 Å². The van der Waals surface area contributed by atoms with Gasteiger partial charge in [-0.25, -0.2) is 22.5 Å². The molecule has 0 spiro atoms. The van der Waals surface area contributed by atoms with E-state index in [1.807, 2.05) is 54.6 Å². The number of amides is 1. The number of carbonyl (C=O) groups excluding carboxylic acids is 1. The molecule has 10 nitrogen and oxygen atoms in total. The second kappa shape index (κ2) is 18.1. The average molecular weight is 929 g/mol. The zero-order chi connectivity index (χ0) is 46.3. The highest BCUT2D eigenvalue weighted by molar-refractivity contribution is 7.97. The lowest BCUT2D eigenvalue weighted by Gasteiger charge is -2.25. The molecule has 334 valence electrons. The Balaban J connectivity index is 1.36. The van der Waals surface area contributed by atoms with Gasteiger partial charge in [0, 0.05) is 37.3 Å². The number of benzene rings is 5. The number of anilines is 1. The number of carbonyl (C=O) groups is 1. The van der Waals surface area contributed by atoms with Gasteiger partial charge in [0.2, 0.25) is 5.91 Å². The lowest BCUT2D eigenvalue weighted by molar-refractivity contribution is -0.123. The van der Waals surface area contributed by atoms with Gasteiger partial charge in [0.1, 0.15) is 41.2 Å². The lowest BCUT2D eigenvalue weighted by atomic mass is 9.94. The van der Waals surface area contributed by atoms with Gasteiger partial charge in [-0.15, -0.1) is 0 Å². The van der Waals surface area contributed by atoms with E-state index in [4.69, 9.17) is 22.3 Å². The molecule has 2 unspecified atom stereocenters. The van der Waals surface area contributed by atoms with E-state index in [1.54, 1.807) is 31.5 Å². The lowest BCUT2D eigenvalue weighted by Crippen LogP contribution is -2.38. The SMILES string of the molecule is CNc1c(-n2c(C(Cc3cc(F)cc(F)c3)NC(=O)Cn3nc(C(F)F)c4c3C(F)(F)C(C)C4)nc3cc(-c4ccccc4-c4ccccc4)ccc3c2=O)ccc(Cl)c1C(N)=NSC.